The molecular weight excluding hydrogens is 268 g/mol. The van der Waals surface area contributed by atoms with Gasteiger partial charge in [0.2, 0.25) is 0 Å². The van der Waals surface area contributed by atoms with E-state index in [1.165, 1.54) is 6.92 Å². The Morgan fingerprint density at radius 2 is 1.71 bits per heavy atom. The van der Waals surface area contributed by atoms with Crippen LogP contribution in [0.25, 0.3) is 0 Å². The van der Waals surface area contributed by atoms with Crippen molar-refractivity contribution in [2.24, 2.45) is 5.73 Å². The van der Waals surface area contributed by atoms with Crippen molar-refractivity contribution < 1.29 is 14.3 Å². The molecule has 0 unspecified atom stereocenters. The van der Waals surface area contributed by atoms with Crippen LogP contribution in [-0.4, -0.2) is 18.5 Å². The van der Waals surface area contributed by atoms with Crippen LogP contribution in [0.15, 0.2) is 23.4 Å². The minimum Gasteiger partial charge on any atom is -0.462 e. The van der Waals surface area contributed by atoms with Gasteiger partial charge in [-0.2, -0.15) is 0 Å². The number of hydrogen-bond acceptors (Lipinski definition) is 4. The topological polar surface area (TPSA) is 81.4 Å². The molecule has 0 saturated carbocycles. The second-order valence-electron chi connectivity index (χ2n) is 5.01. The van der Waals surface area contributed by atoms with Gasteiger partial charge in [0.25, 0.3) is 5.91 Å². The number of esters is 1. The van der Waals surface area contributed by atoms with Gasteiger partial charge in [-0.25, -0.2) is 4.79 Å². The Morgan fingerprint density at radius 1 is 1.19 bits per heavy atom. The molecule has 0 bridgehead atoms. The van der Waals surface area contributed by atoms with E-state index in [-0.39, 0.29) is 17.9 Å². The smallest absolute Gasteiger partial charge is 0.345 e. The fourth-order valence-corrected chi connectivity index (χ4v) is 2.19. The van der Waals surface area contributed by atoms with Gasteiger partial charge in [0.05, 0.1) is 6.61 Å². The van der Waals surface area contributed by atoms with Crippen LogP contribution in [0.2, 0.25) is 0 Å². The monoisotopic (exact) mass is 290 g/mol. The average Bonchev–Trinajstić information content (AvgIpc) is 2.33. The van der Waals surface area contributed by atoms with Crippen LogP contribution >= 0.6 is 0 Å². The summed E-state index contributed by atoms with van der Waals surface area (Å²) in [6.45, 7) is 9.15. The molecule has 0 aliphatic heterocycles. The van der Waals surface area contributed by atoms with Crippen molar-refractivity contribution in [2.75, 3.05) is 11.9 Å². The normalized spacial score (nSPS) is 11.7. The summed E-state index contributed by atoms with van der Waals surface area (Å²) in [5.41, 5.74) is 9.27. The number of amides is 1. The van der Waals surface area contributed by atoms with Crippen LogP contribution < -0.4 is 11.1 Å². The van der Waals surface area contributed by atoms with Crippen molar-refractivity contribution in [2.45, 2.75) is 34.6 Å². The summed E-state index contributed by atoms with van der Waals surface area (Å²) in [5.74, 6) is -1.26. The molecule has 1 amide bonds. The number of ether oxygens (including phenoxy) is 1. The number of nitrogens with two attached hydrogens (primary N) is 1. The number of anilines is 1. The second kappa shape index (κ2) is 6.92. The SMILES string of the molecule is CCOC(=O)C(C(=O)Nc1c(C)cc(C)cc1C)=C(C)N. The third kappa shape index (κ3) is 4.08. The van der Waals surface area contributed by atoms with E-state index in [1.807, 2.05) is 32.9 Å². The number of allylic oxidation sites excluding steroid dienone is 1. The maximum Gasteiger partial charge on any atom is 0.345 e. The fourth-order valence-electron chi connectivity index (χ4n) is 2.19. The second-order valence-corrected chi connectivity index (χ2v) is 5.01. The summed E-state index contributed by atoms with van der Waals surface area (Å²) in [6.07, 6.45) is 0. The number of benzene rings is 1. The molecule has 0 fully saturated rings. The number of hydrogen-bond donors (Lipinski definition) is 2. The van der Waals surface area contributed by atoms with Crippen LogP contribution in [0.3, 0.4) is 0 Å². The molecule has 21 heavy (non-hydrogen) atoms. The van der Waals surface area contributed by atoms with Crippen LogP contribution in [-0.2, 0) is 14.3 Å². The molecule has 0 aliphatic rings. The number of nitrogens with one attached hydrogen (secondary N) is 1. The first-order chi connectivity index (χ1) is 9.77. The first-order valence-electron chi connectivity index (χ1n) is 6.80. The minimum atomic E-state index is -0.711. The molecule has 5 nitrogen and oxygen atoms in total. The number of rotatable bonds is 4. The standard InChI is InChI=1S/C16H22N2O3/c1-6-21-16(20)13(12(5)17)15(19)18-14-10(3)7-9(2)8-11(14)4/h7-8H,6,17H2,1-5H3,(H,18,19). The first-order valence-corrected chi connectivity index (χ1v) is 6.80. The van der Waals surface area contributed by atoms with Gasteiger partial charge in [-0.3, -0.25) is 4.79 Å². The summed E-state index contributed by atoms with van der Waals surface area (Å²) < 4.78 is 4.87. The molecule has 0 radical (unpaired) electrons. The molecule has 0 saturated heterocycles. The third-order valence-corrected chi connectivity index (χ3v) is 3.02. The van der Waals surface area contributed by atoms with E-state index in [0.717, 1.165) is 16.7 Å². The minimum absolute atomic E-state index is 0.133. The van der Waals surface area contributed by atoms with Crippen LogP contribution in [0.5, 0.6) is 0 Å². The lowest BCUT2D eigenvalue weighted by Gasteiger charge is -2.14. The van der Waals surface area contributed by atoms with E-state index in [9.17, 15) is 9.59 Å². The molecule has 0 aliphatic carbocycles. The van der Waals surface area contributed by atoms with Gasteiger partial charge in [-0.05, 0) is 45.7 Å². The highest BCUT2D eigenvalue weighted by Crippen LogP contribution is 2.22. The van der Waals surface area contributed by atoms with E-state index in [1.54, 1.807) is 6.92 Å². The molecule has 1 aromatic carbocycles. The van der Waals surface area contributed by atoms with E-state index in [0.29, 0.717) is 5.69 Å². The molecular formula is C16H22N2O3. The molecule has 0 atom stereocenters. The predicted octanol–water partition coefficient (Wildman–Crippen LogP) is 2.35. The molecule has 1 rings (SSSR count). The van der Waals surface area contributed by atoms with Crippen LogP contribution in [0.1, 0.15) is 30.5 Å². The lowest BCUT2D eigenvalue weighted by molar-refractivity contribution is -0.139. The van der Waals surface area contributed by atoms with Crippen molar-refractivity contribution in [3.05, 3.63) is 40.1 Å². The fraction of sp³-hybridized carbons (Fsp3) is 0.375. The maximum atomic E-state index is 12.3. The Hall–Kier alpha value is -2.30. The summed E-state index contributed by atoms with van der Waals surface area (Å²) in [4.78, 5) is 24.1. The molecule has 1 aromatic rings. The van der Waals surface area contributed by atoms with Crippen molar-refractivity contribution in [3.63, 3.8) is 0 Å². The van der Waals surface area contributed by atoms with Crippen LogP contribution in [0.4, 0.5) is 5.69 Å². The number of carbonyl (C=O) groups is 2. The molecule has 114 valence electrons. The Bertz CT molecular complexity index is 577. The van der Waals surface area contributed by atoms with Gasteiger partial charge in [0, 0.05) is 11.4 Å². The summed E-state index contributed by atoms with van der Waals surface area (Å²) in [7, 11) is 0. The van der Waals surface area contributed by atoms with Gasteiger partial charge in [0.15, 0.2) is 0 Å². The summed E-state index contributed by atoms with van der Waals surface area (Å²) in [6, 6.07) is 3.93. The molecule has 3 N–H and O–H groups in total. The molecule has 0 heterocycles. The number of aryl methyl sites for hydroxylation is 3. The van der Waals surface area contributed by atoms with E-state index in [2.05, 4.69) is 5.32 Å². The van der Waals surface area contributed by atoms with Crippen molar-refractivity contribution in [1.29, 1.82) is 0 Å². The van der Waals surface area contributed by atoms with Crippen molar-refractivity contribution in [1.82, 2.24) is 0 Å². The van der Waals surface area contributed by atoms with E-state index < -0.39 is 11.9 Å². The van der Waals surface area contributed by atoms with Crippen molar-refractivity contribution in [3.8, 4) is 0 Å². The van der Waals surface area contributed by atoms with E-state index in [4.69, 9.17) is 10.5 Å². The lowest BCUT2D eigenvalue weighted by Crippen LogP contribution is -2.26. The van der Waals surface area contributed by atoms with Gasteiger partial charge in [0.1, 0.15) is 5.57 Å². The largest absolute Gasteiger partial charge is 0.462 e. The predicted molar refractivity (Wildman–Crippen MR) is 82.8 cm³/mol. The Kier molecular flexibility index (Phi) is 5.52. The lowest BCUT2D eigenvalue weighted by atomic mass is 10.0. The third-order valence-electron chi connectivity index (χ3n) is 3.02. The highest BCUT2D eigenvalue weighted by atomic mass is 16.5. The summed E-state index contributed by atoms with van der Waals surface area (Å²) in [5, 5.41) is 2.75. The molecule has 0 aromatic heterocycles. The Balaban J connectivity index is 3.10. The summed E-state index contributed by atoms with van der Waals surface area (Å²) >= 11 is 0. The van der Waals surface area contributed by atoms with Gasteiger partial charge in [-0.1, -0.05) is 17.7 Å². The van der Waals surface area contributed by atoms with Crippen LogP contribution in [0, 0.1) is 20.8 Å². The zero-order chi connectivity index (χ0) is 16.2. The Labute approximate surface area is 125 Å². The first kappa shape index (κ1) is 16.8. The zero-order valence-corrected chi connectivity index (χ0v) is 13.2. The van der Waals surface area contributed by atoms with Gasteiger partial charge < -0.3 is 15.8 Å². The highest BCUT2D eigenvalue weighted by molar-refractivity contribution is 6.21. The Morgan fingerprint density at radius 3 is 2.14 bits per heavy atom. The zero-order valence-electron chi connectivity index (χ0n) is 13.2. The molecule has 0 spiro atoms. The highest BCUT2D eigenvalue weighted by Gasteiger charge is 2.22. The quantitative estimate of drug-likeness (QED) is 0.386. The van der Waals surface area contributed by atoms with Gasteiger partial charge >= 0.3 is 5.97 Å². The average molecular weight is 290 g/mol. The van der Waals surface area contributed by atoms with E-state index >= 15 is 0 Å². The maximum absolute atomic E-state index is 12.3. The van der Waals surface area contributed by atoms with Gasteiger partial charge in [-0.15, -0.1) is 0 Å². The van der Waals surface area contributed by atoms with Crippen molar-refractivity contribution >= 4 is 17.6 Å². The molecule has 5 heteroatoms. The number of carbonyl (C=O) groups excluding carboxylic acids is 2.